The van der Waals surface area contributed by atoms with E-state index >= 15 is 0 Å². The molecule has 21 heavy (non-hydrogen) atoms. The third-order valence-electron chi connectivity index (χ3n) is 4.06. The molecule has 0 spiro atoms. The van der Waals surface area contributed by atoms with Crippen LogP contribution >= 0.6 is 11.3 Å². The van der Waals surface area contributed by atoms with E-state index in [1.807, 2.05) is 11.7 Å². The molecule has 1 unspecified atom stereocenters. The first kappa shape index (κ1) is 14.7. The number of aryl methyl sites for hydroxylation is 1. The Morgan fingerprint density at radius 3 is 3.10 bits per heavy atom. The lowest BCUT2D eigenvalue weighted by Crippen LogP contribution is -2.56. The molecule has 0 aliphatic carbocycles. The summed E-state index contributed by atoms with van der Waals surface area (Å²) in [5.41, 5.74) is 8.06. The first-order chi connectivity index (χ1) is 10.1. The molecular formula is C15H22N4OS. The second-order valence-electron chi connectivity index (χ2n) is 5.99. The van der Waals surface area contributed by atoms with Gasteiger partial charge >= 0.3 is 0 Å². The fraction of sp³-hybridized carbons (Fsp3) is 0.533. The van der Waals surface area contributed by atoms with Crippen molar-refractivity contribution in [1.82, 2.24) is 14.7 Å². The van der Waals surface area contributed by atoms with Crippen LogP contribution in [0.1, 0.15) is 18.4 Å². The van der Waals surface area contributed by atoms with E-state index in [4.69, 9.17) is 5.73 Å². The number of aliphatic hydroxyl groups is 1. The molecule has 114 valence electrons. The fourth-order valence-corrected chi connectivity index (χ4v) is 3.78. The summed E-state index contributed by atoms with van der Waals surface area (Å²) in [6, 6.07) is 4.16. The Bertz CT molecular complexity index is 595. The topological polar surface area (TPSA) is 67.3 Å². The van der Waals surface area contributed by atoms with E-state index in [0.717, 1.165) is 38.2 Å². The van der Waals surface area contributed by atoms with Crippen LogP contribution in [-0.4, -0.2) is 45.0 Å². The van der Waals surface area contributed by atoms with Crippen LogP contribution in [0.4, 0.5) is 0 Å². The molecule has 0 radical (unpaired) electrons. The number of hydrogen-bond donors (Lipinski definition) is 2. The number of aromatic nitrogens is 2. The number of nitrogens with two attached hydrogens (primary N) is 1. The van der Waals surface area contributed by atoms with E-state index < -0.39 is 5.54 Å². The van der Waals surface area contributed by atoms with Gasteiger partial charge in [-0.15, -0.1) is 11.3 Å². The van der Waals surface area contributed by atoms with Crippen LogP contribution in [0.2, 0.25) is 0 Å². The molecule has 0 bridgehead atoms. The van der Waals surface area contributed by atoms with E-state index in [-0.39, 0.29) is 6.61 Å². The van der Waals surface area contributed by atoms with Crippen molar-refractivity contribution >= 4 is 11.3 Å². The molecule has 1 atom stereocenters. The van der Waals surface area contributed by atoms with Crippen molar-refractivity contribution in [3.05, 3.63) is 29.3 Å². The van der Waals surface area contributed by atoms with Crippen LogP contribution < -0.4 is 5.73 Å². The van der Waals surface area contributed by atoms with Gasteiger partial charge in [-0.3, -0.25) is 9.58 Å². The predicted octanol–water partition coefficient (Wildman–Crippen LogP) is 1.43. The van der Waals surface area contributed by atoms with Gasteiger partial charge in [-0.2, -0.15) is 5.10 Å². The molecule has 6 heteroatoms. The van der Waals surface area contributed by atoms with E-state index in [9.17, 15) is 5.11 Å². The Labute approximate surface area is 129 Å². The van der Waals surface area contributed by atoms with Gasteiger partial charge in [0.15, 0.2) is 0 Å². The lowest BCUT2D eigenvalue weighted by molar-refractivity contribution is 0.0902. The normalized spacial score (nSPS) is 23.6. The third kappa shape index (κ3) is 3.18. The maximum absolute atomic E-state index is 9.48. The highest BCUT2D eigenvalue weighted by atomic mass is 32.1. The van der Waals surface area contributed by atoms with Gasteiger partial charge in [0.25, 0.3) is 0 Å². The zero-order valence-corrected chi connectivity index (χ0v) is 13.1. The standard InChI is InChI=1S/C15H22N4OS/c1-18-8-12(14(17-18)13-4-2-7-21-13)9-19-6-3-5-15(16,10-19)11-20/h2,4,7-8,20H,3,5-6,9-11,16H2,1H3. The monoisotopic (exact) mass is 306 g/mol. The summed E-state index contributed by atoms with van der Waals surface area (Å²) >= 11 is 1.71. The summed E-state index contributed by atoms with van der Waals surface area (Å²) in [6.07, 6.45) is 4.01. The lowest BCUT2D eigenvalue weighted by atomic mass is 9.91. The number of thiophene rings is 1. The van der Waals surface area contributed by atoms with Crippen molar-refractivity contribution in [2.75, 3.05) is 19.7 Å². The van der Waals surface area contributed by atoms with Crippen molar-refractivity contribution in [1.29, 1.82) is 0 Å². The highest BCUT2D eigenvalue weighted by molar-refractivity contribution is 7.13. The first-order valence-electron chi connectivity index (χ1n) is 7.28. The molecule has 2 aromatic rings. The van der Waals surface area contributed by atoms with E-state index in [2.05, 4.69) is 33.7 Å². The number of hydrogen-bond acceptors (Lipinski definition) is 5. The van der Waals surface area contributed by atoms with Crippen molar-refractivity contribution in [2.24, 2.45) is 12.8 Å². The number of piperidine rings is 1. The maximum atomic E-state index is 9.48. The fourth-order valence-electron chi connectivity index (χ4n) is 3.04. The highest BCUT2D eigenvalue weighted by Gasteiger charge is 2.31. The molecule has 1 aliphatic heterocycles. The Hall–Kier alpha value is -1.21. The molecular weight excluding hydrogens is 284 g/mol. The Morgan fingerprint density at radius 2 is 2.38 bits per heavy atom. The van der Waals surface area contributed by atoms with Gasteiger partial charge in [0.2, 0.25) is 0 Å². The van der Waals surface area contributed by atoms with E-state index in [0.29, 0.717) is 0 Å². The van der Waals surface area contributed by atoms with Gasteiger partial charge in [-0.25, -0.2) is 0 Å². The summed E-state index contributed by atoms with van der Waals surface area (Å²) in [5, 5.41) is 16.1. The molecule has 0 amide bonds. The summed E-state index contributed by atoms with van der Waals surface area (Å²) in [4.78, 5) is 3.53. The van der Waals surface area contributed by atoms with Crippen molar-refractivity contribution in [3.63, 3.8) is 0 Å². The van der Waals surface area contributed by atoms with Gasteiger partial charge in [-0.1, -0.05) is 6.07 Å². The van der Waals surface area contributed by atoms with Crippen molar-refractivity contribution in [2.45, 2.75) is 24.9 Å². The zero-order chi connectivity index (χ0) is 14.9. The minimum Gasteiger partial charge on any atom is -0.394 e. The van der Waals surface area contributed by atoms with Gasteiger partial charge < -0.3 is 10.8 Å². The molecule has 1 aliphatic rings. The molecule has 0 aromatic carbocycles. The minimum atomic E-state index is -0.455. The van der Waals surface area contributed by atoms with Gasteiger partial charge in [0.1, 0.15) is 5.69 Å². The molecule has 5 nitrogen and oxygen atoms in total. The molecule has 1 fully saturated rings. The van der Waals surface area contributed by atoms with Crippen molar-refractivity contribution < 1.29 is 5.11 Å². The Morgan fingerprint density at radius 1 is 1.52 bits per heavy atom. The largest absolute Gasteiger partial charge is 0.394 e. The number of nitrogens with zero attached hydrogens (tertiary/aromatic N) is 3. The lowest BCUT2D eigenvalue weighted by Gasteiger charge is -2.39. The minimum absolute atomic E-state index is 0.0499. The average Bonchev–Trinajstić information content (AvgIpc) is 3.08. The second-order valence-corrected chi connectivity index (χ2v) is 6.94. The van der Waals surface area contributed by atoms with Crippen LogP contribution in [0, 0.1) is 0 Å². The number of likely N-dealkylation sites (tertiary alicyclic amines) is 1. The Kier molecular flexibility index (Phi) is 4.12. The molecule has 2 aromatic heterocycles. The smallest absolute Gasteiger partial charge is 0.107 e. The van der Waals surface area contributed by atoms with Gasteiger partial charge in [0, 0.05) is 31.9 Å². The summed E-state index contributed by atoms with van der Waals surface area (Å²) < 4.78 is 1.87. The zero-order valence-electron chi connectivity index (χ0n) is 12.3. The number of rotatable bonds is 4. The van der Waals surface area contributed by atoms with E-state index in [1.165, 1.54) is 10.4 Å². The molecule has 0 saturated carbocycles. The third-order valence-corrected chi connectivity index (χ3v) is 4.93. The summed E-state index contributed by atoms with van der Waals surface area (Å²) in [6.45, 7) is 2.65. The quantitative estimate of drug-likeness (QED) is 0.897. The van der Waals surface area contributed by atoms with Gasteiger partial charge in [-0.05, 0) is 30.8 Å². The SMILES string of the molecule is Cn1cc(CN2CCCC(N)(CO)C2)c(-c2cccs2)n1. The van der Waals surface area contributed by atoms with Crippen LogP contribution in [0.15, 0.2) is 23.7 Å². The molecule has 3 heterocycles. The Balaban J connectivity index is 1.79. The maximum Gasteiger partial charge on any atom is 0.107 e. The molecule has 3 rings (SSSR count). The first-order valence-corrected chi connectivity index (χ1v) is 8.16. The van der Waals surface area contributed by atoms with Crippen LogP contribution in [0.5, 0.6) is 0 Å². The number of aliphatic hydroxyl groups excluding tert-OH is 1. The summed E-state index contributed by atoms with van der Waals surface area (Å²) in [5.74, 6) is 0. The van der Waals surface area contributed by atoms with Crippen LogP contribution in [0.25, 0.3) is 10.6 Å². The molecule has 3 N–H and O–H groups in total. The van der Waals surface area contributed by atoms with E-state index in [1.54, 1.807) is 11.3 Å². The predicted molar refractivity (Wildman–Crippen MR) is 85.0 cm³/mol. The van der Waals surface area contributed by atoms with Crippen LogP contribution in [-0.2, 0) is 13.6 Å². The highest BCUT2D eigenvalue weighted by Crippen LogP contribution is 2.28. The average molecular weight is 306 g/mol. The molecule has 1 saturated heterocycles. The second kappa shape index (κ2) is 5.88. The van der Waals surface area contributed by atoms with Crippen LogP contribution in [0.3, 0.4) is 0 Å². The summed E-state index contributed by atoms with van der Waals surface area (Å²) in [7, 11) is 1.96. The van der Waals surface area contributed by atoms with Gasteiger partial charge in [0.05, 0.1) is 17.0 Å². The van der Waals surface area contributed by atoms with Crippen molar-refractivity contribution in [3.8, 4) is 10.6 Å².